The molecule has 0 N–H and O–H groups in total. The van der Waals surface area contributed by atoms with Crippen LogP contribution in [0.3, 0.4) is 0 Å². The number of nitrogens with zero attached hydrogens (tertiary/aromatic N) is 2. The highest BCUT2D eigenvalue weighted by Gasteiger charge is 2.13. The predicted molar refractivity (Wildman–Crippen MR) is 81.2 cm³/mol. The fourth-order valence-corrected chi connectivity index (χ4v) is 2.24. The van der Waals surface area contributed by atoms with Crippen molar-refractivity contribution in [2.45, 2.75) is 13.5 Å². The van der Waals surface area contributed by atoms with Crippen molar-refractivity contribution in [1.82, 2.24) is 0 Å². The van der Waals surface area contributed by atoms with Gasteiger partial charge < -0.3 is 4.90 Å². The first kappa shape index (κ1) is 15.3. The summed E-state index contributed by atoms with van der Waals surface area (Å²) in [6.07, 6.45) is 0. The molecule has 0 aliphatic carbocycles. The van der Waals surface area contributed by atoms with Gasteiger partial charge in [-0.05, 0) is 36.8 Å². The molecule has 0 aliphatic heterocycles. The Labute approximate surface area is 126 Å². The lowest BCUT2D eigenvalue weighted by molar-refractivity contribution is -0.384. The summed E-state index contributed by atoms with van der Waals surface area (Å²) in [5, 5.41) is 11.3. The number of nitro groups is 1. The fraction of sp³-hybridized carbons (Fsp3) is 0.200. The van der Waals surface area contributed by atoms with Gasteiger partial charge in [0.25, 0.3) is 5.69 Å². The van der Waals surface area contributed by atoms with Crippen LogP contribution in [-0.4, -0.2) is 11.5 Å². The van der Waals surface area contributed by atoms with E-state index >= 15 is 0 Å². The Morgan fingerprint density at radius 2 is 2.05 bits per heavy atom. The van der Waals surface area contributed by atoms with Gasteiger partial charge in [0.2, 0.25) is 0 Å². The maximum absolute atomic E-state index is 13.3. The molecule has 0 saturated carbocycles. The number of hydrogen-bond donors (Lipinski definition) is 0. The minimum atomic E-state index is -0.460. The summed E-state index contributed by atoms with van der Waals surface area (Å²) >= 11 is 6.10. The lowest BCUT2D eigenvalue weighted by Gasteiger charge is -2.23. The standard InChI is InChI=1S/C15H14ClFN2O2/c1-2-18(13-5-3-4-12(17)9-13)10-11-8-14(19(20)21)6-7-15(11)16/h3-9H,2,10H2,1H3. The van der Waals surface area contributed by atoms with E-state index < -0.39 is 4.92 Å². The van der Waals surface area contributed by atoms with Crippen LogP contribution < -0.4 is 4.90 Å². The zero-order valence-corrected chi connectivity index (χ0v) is 12.2. The summed E-state index contributed by atoms with van der Waals surface area (Å²) in [6.45, 7) is 2.93. The quantitative estimate of drug-likeness (QED) is 0.607. The van der Waals surface area contributed by atoms with Gasteiger partial charge in [-0.25, -0.2) is 4.39 Å². The zero-order valence-electron chi connectivity index (χ0n) is 11.4. The summed E-state index contributed by atoms with van der Waals surface area (Å²) in [5.74, 6) is -0.323. The smallest absolute Gasteiger partial charge is 0.269 e. The number of benzene rings is 2. The maximum atomic E-state index is 13.3. The predicted octanol–water partition coefficient (Wildman–Crippen LogP) is 4.41. The van der Waals surface area contributed by atoms with Gasteiger partial charge in [-0.3, -0.25) is 10.1 Å². The number of halogens is 2. The van der Waals surface area contributed by atoms with Crippen LogP contribution in [0.15, 0.2) is 42.5 Å². The molecule has 2 rings (SSSR count). The Bertz CT molecular complexity index is 664. The molecule has 2 aromatic carbocycles. The molecule has 0 saturated heterocycles. The van der Waals surface area contributed by atoms with Crippen molar-refractivity contribution in [2.75, 3.05) is 11.4 Å². The van der Waals surface area contributed by atoms with Crippen molar-refractivity contribution in [1.29, 1.82) is 0 Å². The Hall–Kier alpha value is -2.14. The molecular formula is C15H14ClFN2O2. The molecule has 0 amide bonds. The highest BCUT2D eigenvalue weighted by Crippen LogP contribution is 2.25. The lowest BCUT2D eigenvalue weighted by Crippen LogP contribution is -2.22. The molecule has 0 unspecified atom stereocenters. The van der Waals surface area contributed by atoms with E-state index in [1.54, 1.807) is 12.1 Å². The zero-order chi connectivity index (χ0) is 15.4. The highest BCUT2D eigenvalue weighted by molar-refractivity contribution is 6.31. The second kappa shape index (κ2) is 6.54. The van der Waals surface area contributed by atoms with Gasteiger partial charge in [-0.15, -0.1) is 0 Å². The summed E-state index contributed by atoms with van der Waals surface area (Å²) < 4.78 is 13.3. The van der Waals surface area contributed by atoms with Crippen LogP contribution in [0, 0.1) is 15.9 Å². The normalized spacial score (nSPS) is 10.4. The summed E-state index contributed by atoms with van der Waals surface area (Å²) in [6, 6.07) is 10.5. The van der Waals surface area contributed by atoms with Crippen molar-refractivity contribution in [3.63, 3.8) is 0 Å². The van der Waals surface area contributed by atoms with Gasteiger partial charge in [-0.2, -0.15) is 0 Å². The molecule has 110 valence electrons. The molecule has 21 heavy (non-hydrogen) atoms. The molecule has 2 aromatic rings. The molecular weight excluding hydrogens is 295 g/mol. The minimum Gasteiger partial charge on any atom is -0.367 e. The molecule has 0 aliphatic rings. The van der Waals surface area contributed by atoms with Crippen molar-refractivity contribution >= 4 is 23.0 Å². The van der Waals surface area contributed by atoms with Crippen molar-refractivity contribution in [3.8, 4) is 0 Å². The molecule has 0 atom stereocenters. The van der Waals surface area contributed by atoms with Gasteiger partial charge in [0, 0.05) is 35.9 Å². The Morgan fingerprint density at radius 3 is 2.67 bits per heavy atom. The number of nitro benzene ring substituents is 1. The molecule has 0 bridgehead atoms. The van der Waals surface area contributed by atoms with E-state index in [9.17, 15) is 14.5 Å². The van der Waals surface area contributed by atoms with Gasteiger partial charge >= 0.3 is 0 Å². The average Bonchev–Trinajstić information content (AvgIpc) is 2.46. The van der Waals surface area contributed by atoms with E-state index in [0.29, 0.717) is 29.4 Å². The third-order valence-electron chi connectivity index (χ3n) is 3.16. The second-order valence-corrected chi connectivity index (χ2v) is 4.93. The topological polar surface area (TPSA) is 46.4 Å². The van der Waals surface area contributed by atoms with Crippen molar-refractivity contribution < 1.29 is 9.31 Å². The first-order chi connectivity index (χ1) is 10.0. The van der Waals surface area contributed by atoms with Crippen LogP contribution >= 0.6 is 11.6 Å². The largest absolute Gasteiger partial charge is 0.367 e. The van der Waals surface area contributed by atoms with Crippen LogP contribution in [-0.2, 0) is 6.54 Å². The molecule has 6 heteroatoms. The maximum Gasteiger partial charge on any atom is 0.269 e. The number of rotatable bonds is 5. The van der Waals surface area contributed by atoms with Gasteiger partial charge in [0.1, 0.15) is 5.82 Å². The van der Waals surface area contributed by atoms with Crippen LogP contribution in [0.1, 0.15) is 12.5 Å². The van der Waals surface area contributed by atoms with E-state index in [-0.39, 0.29) is 11.5 Å². The van der Waals surface area contributed by atoms with Gasteiger partial charge in [0.05, 0.1) is 4.92 Å². The highest BCUT2D eigenvalue weighted by atomic mass is 35.5. The molecule has 0 heterocycles. The number of hydrogen-bond acceptors (Lipinski definition) is 3. The SMILES string of the molecule is CCN(Cc1cc([N+](=O)[O-])ccc1Cl)c1cccc(F)c1. The van der Waals surface area contributed by atoms with Crippen LogP contribution in [0.25, 0.3) is 0 Å². The summed E-state index contributed by atoms with van der Waals surface area (Å²) in [7, 11) is 0. The Balaban J connectivity index is 2.30. The van der Waals surface area contributed by atoms with Gasteiger partial charge in [0.15, 0.2) is 0 Å². The third kappa shape index (κ3) is 3.70. The van der Waals surface area contributed by atoms with Crippen LogP contribution in [0.5, 0.6) is 0 Å². The summed E-state index contributed by atoms with van der Waals surface area (Å²) in [5.41, 5.74) is 1.33. The monoisotopic (exact) mass is 308 g/mol. The molecule has 4 nitrogen and oxygen atoms in total. The first-order valence-corrected chi connectivity index (χ1v) is 6.82. The van der Waals surface area contributed by atoms with Crippen molar-refractivity contribution in [2.24, 2.45) is 0 Å². The van der Waals surface area contributed by atoms with Crippen LogP contribution in [0.2, 0.25) is 5.02 Å². The molecule has 0 radical (unpaired) electrons. The van der Waals surface area contributed by atoms with Crippen molar-refractivity contribution in [3.05, 3.63) is 69.0 Å². The third-order valence-corrected chi connectivity index (χ3v) is 3.53. The van der Waals surface area contributed by atoms with E-state index in [1.807, 2.05) is 11.8 Å². The molecule has 0 fully saturated rings. The summed E-state index contributed by atoms with van der Waals surface area (Å²) in [4.78, 5) is 12.3. The van der Waals surface area contributed by atoms with E-state index in [2.05, 4.69) is 0 Å². The van der Waals surface area contributed by atoms with Gasteiger partial charge in [-0.1, -0.05) is 17.7 Å². The molecule has 0 spiro atoms. The number of anilines is 1. The minimum absolute atomic E-state index is 0.00954. The second-order valence-electron chi connectivity index (χ2n) is 4.53. The lowest BCUT2D eigenvalue weighted by atomic mass is 10.1. The fourth-order valence-electron chi connectivity index (χ4n) is 2.06. The Kier molecular flexibility index (Phi) is 4.75. The Morgan fingerprint density at radius 1 is 1.29 bits per heavy atom. The van der Waals surface area contributed by atoms with Crippen LogP contribution in [0.4, 0.5) is 15.8 Å². The molecule has 0 aromatic heterocycles. The van der Waals surface area contributed by atoms with E-state index in [0.717, 1.165) is 0 Å². The first-order valence-electron chi connectivity index (χ1n) is 6.44. The number of non-ortho nitro benzene ring substituents is 1. The average molecular weight is 309 g/mol. The van der Waals surface area contributed by atoms with E-state index in [4.69, 9.17) is 11.6 Å². The van der Waals surface area contributed by atoms with E-state index in [1.165, 1.54) is 30.3 Å².